The van der Waals surface area contributed by atoms with Crippen LogP contribution in [0.25, 0.3) is 0 Å². The fourth-order valence-corrected chi connectivity index (χ4v) is 2.36. The minimum Gasteiger partial charge on any atom is -0.495 e. The van der Waals surface area contributed by atoms with E-state index in [0.717, 1.165) is 10.0 Å². The van der Waals surface area contributed by atoms with Crippen molar-refractivity contribution in [1.82, 2.24) is 4.98 Å². The van der Waals surface area contributed by atoms with Gasteiger partial charge in [0.2, 0.25) is 0 Å². The lowest BCUT2D eigenvalue weighted by atomic mass is 10.1. The number of aromatic amines is 1. The predicted octanol–water partition coefficient (Wildman–Crippen LogP) is 2.71. The second-order valence-corrected chi connectivity index (χ2v) is 5.09. The number of aromatic nitrogens is 1. The maximum absolute atomic E-state index is 12.1. The monoisotopic (exact) mass is 336 g/mol. The van der Waals surface area contributed by atoms with E-state index in [9.17, 15) is 9.59 Å². The minimum absolute atomic E-state index is 0.0527. The van der Waals surface area contributed by atoms with Gasteiger partial charge in [-0.1, -0.05) is 15.9 Å². The molecular weight excluding hydrogens is 324 g/mol. The molecule has 0 atom stereocenters. The Labute approximate surface area is 124 Å². The van der Waals surface area contributed by atoms with Crippen molar-refractivity contribution in [2.24, 2.45) is 0 Å². The zero-order chi connectivity index (χ0) is 14.7. The number of H-pyrrole nitrogens is 1. The standard InChI is InChI=1S/C14H13BrN2O3/c1-8-5-9(15)6-12(20-2)13(8)17-14(19)10-7-16-4-3-11(10)18/h3-7H,1-2H3,(H,16,18)(H,17,19). The van der Waals surface area contributed by atoms with Crippen molar-refractivity contribution in [3.63, 3.8) is 0 Å². The van der Waals surface area contributed by atoms with Crippen LogP contribution in [0.5, 0.6) is 5.75 Å². The Morgan fingerprint density at radius 2 is 2.15 bits per heavy atom. The van der Waals surface area contributed by atoms with Crippen molar-refractivity contribution in [3.05, 3.63) is 56.4 Å². The molecule has 1 aromatic heterocycles. The highest BCUT2D eigenvalue weighted by atomic mass is 79.9. The van der Waals surface area contributed by atoms with Gasteiger partial charge in [0.15, 0.2) is 5.43 Å². The SMILES string of the molecule is COc1cc(Br)cc(C)c1NC(=O)c1c[nH]ccc1=O. The zero-order valence-electron chi connectivity index (χ0n) is 11.0. The summed E-state index contributed by atoms with van der Waals surface area (Å²) in [6.45, 7) is 1.85. The van der Waals surface area contributed by atoms with E-state index in [1.165, 1.54) is 25.6 Å². The largest absolute Gasteiger partial charge is 0.495 e. The van der Waals surface area contributed by atoms with Crippen LogP contribution in [0.15, 0.2) is 39.9 Å². The molecule has 2 N–H and O–H groups in total. The highest BCUT2D eigenvalue weighted by molar-refractivity contribution is 9.10. The third-order valence-electron chi connectivity index (χ3n) is 2.79. The first-order valence-electron chi connectivity index (χ1n) is 5.85. The molecule has 0 spiro atoms. The number of pyridine rings is 1. The summed E-state index contributed by atoms with van der Waals surface area (Å²) < 4.78 is 6.09. The van der Waals surface area contributed by atoms with Crippen molar-refractivity contribution < 1.29 is 9.53 Å². The zero-order valence-corrected chi connectivity index (χ0v) is 12.6. The molecule has 5 nitrogen and oxygen atoms in total. The first-order chi connectivity index (χ1) is 9.52. The van der Waals surface area contributed by atoms with E-state index in [2.05, 4.69) is 26.2 Å². The predicted molar refractivity (Wildman–Crippen MR) is 80.4 cm³/mol. The summed E-state index contributed by atoms with van der Waals surface area (Å²) in [5.41, 5.74) is 1.09. The Balaban J connectivity index is 2.38. The maximum atomic E-state index is 12.1. The van der Waals surface area contributed by atoms with E-state index >= 15 is 0 Å². The molecule has 0 saturated heterocycles. The lowest BCUT2D eigenvalue weighted by molar-refractivity contribution is 0.102. The van der Waals surface area contributed by atoms with Crippen LogP contribution >= 0.6 is 15.9 Å². The van der Waals surface area contributed by atoms with Crippen LogP contribution in [0.1, 0.15) is 15.9 Å². The summed E-state index contributed by atoms with van der Waals surface area (Å²) in [6, 6.07) is 4.91. The van der Waals surface area contributed by atoms with Gasteiger partial charge in [0.25, 0.3) is 5.91 Å². The van der Waals surface area contributed by atoms with Crippen molar-refractivity contribution in [2.45, 2.75) is 6.92 Å². The molecule has 0 fully saturated rings. The van der Waals surface area contributed by atoms with Gasteiger partial charge in [-0.15, -0.1) is 0 Å². The first kappa shape index (κ1) is 14.3. The number of hydrogen-bond acceptors (Lipinski definition) is 3. The third kappa shape index (κ3) is 2.91. The lowest BCUT2D eigenvalue weighted by Gasteiger charge is -2.13. The molecule has 1 aromatic carbocycles. The topological polar surface area (TPSA) is 71.2 Å². The Kier molecular flexibility index (Phi) is 4.24. The van der Waals surface area contributed by atoms with Crippen LogP contribution in [-0.2, 0) is 0 Å². The van der Waals surface area contributed by atoms with Gasteiger partial charge in [-0.3, -0.25) is 9.59 Å². The smallest absolute Gasteiger partial charge is 0.261 e. The number of methoxy groups -OCH3 is 1. The number of rotatable bonds is 3. The van der Waals surface area contributed by atoms with Crippen LogP contribution in [0, 0.1) is 6.92 Å². The average Bonchev–Trinajstić information content (AvgIpc) is 2.41. The second-order valence-electron chi connectivity index (χ2n) is 4.18. The van der Waals surface area contributed by atoms with E-state index in [1.54, 1.807) is 6.07 Å². The Morgan fingerprint density at radius 1 is 1.40 bits per heavy atom. The summed E-state index contributed by atoms with van der Waals surface area (Å²) in [5.74, 6) is 0.0492. The fourth-order valence-electron chi connectivity index (χ4n) is 1.81. The van der Waals surface area contributed by atoms with Gasteiger partial charge in [0.1, 0.15) is 11.3 Å². The van der Waals surface area contributed by atoms with E-state index in [1.807, 2.05) is 13.0 Å². The lowest BCUT2D eigenvalue weighted by Crippen LogP contribution is -2.21. The van der Waals surface area contributed by atoms with Gasteiger partial charge in [0, 0.05) is 22.9 Å². The molecule has 0 bridgehead atoms. The number of benzene rings is 1. The highest BCUT2D eigenvalue weighted by Gasteiger charge is 2.15. The molecule has 6 heteroatoms. The molecule has 2 rings (SSSR count). The van der Waals surface area contributed by atoms with Crippen LogP contribution in [0.4, 0.5) is 5.69 Å². The molecule has 0 saturated carbocycles. The summed E-state index contributed by atoms with van der Waals surface area (Å²) in [7, 11) is 1.52. The quantitative estimate of drug-likeness (QED) is 0.905. The number of aryl methyl sites for hydroxylation is 1. The first-order valence-corrected chi connectivity index (χ1v) is 6.65. The number of ether oxygens (including phenoxy) is 1. The Bertz CT molecular complexity index is 710. The minimum atomic E-state index is -0.476. The molecule has 0 aliphatic carbocycles. The number of nitrogens with one attached hydrogen (secondary N) is 2. The number of amides is 1. The average molecular weight is 337 g/mol. The van der Waals surface area contributed by atoms with Crippen LogP contribution in [-0.4, -0.2) is 18.0 Å². The van der Waals surface area contributed by atoms with Crippen molar-refractivity contribution in [3.8, 4) is 5.75 Å². The molecule has 0 aliphatic rings. The van der Waals surface area contributed by atoms with Crippen molar-refractivity contribution >= 4 is 27.5 Å². The normalized spacial score (nSPS) is 10.2. The fraction of sp³-hybridized carbons (Fsp3) is 0.143. The van der Waals surface area contributed by atoms with Gasteiger partial charge < -0.3 is 15.0 Å². The van der Waals surface area contributed by atoms with E-state index < -0.39 is 5.91 Å². The summed E-state index contributed by atoms with van der Waals surface area (Å²) in [5, 5.41) is 2.71. The molecular formula is C14H13BrN2O3. The molecule has 0 aliphatic heterocycles. The molecule has 104 valence electrons. The summed E-state index contributed by atoms with van der Waals surface area (Å²) in [6.07, 6.45) is 2.85. The van der Waals surface area contributed by atoms with E-state index in [0.29, 0.717) is 11.4 Å². The Morgan fingerprint density at radius 3 is 2.80 bits per heavy atom. The number of halogens is 1. The van der Waals surface area contributed by atoms with Crippen molar-refractivity contribution in [2.75, 3.05) is 12.4 Å². The van der Waals surface area contributed by atoms with Gasteiger partial charge in [-0.25, -0.2) is 0 Å². The van der Waals surface area contributed by atoms with E-state index in [-0.39, 0.29) is 11.0 Å². The van der Waals surface area contributed by atoms with Gasteiger partial charge in [0.05, 0.1) is 12.8 Å². The number of anilines is 1. The highest BCUT2D eigenvalue weighted by Crippen LogP contribution is 2.32. The van der Waals surface area contributed by atoms with Gasteiger partial charge >= 0.3 is 0 Å². The van der Waals surface area contributed by atoms with Gasteiger partial charge in [-0.05, 0) is 24.6 Å². The number of hydrogen-bond donors (Lipinski definition) is 2. The van der Waals surface area contributed by atoms with E-state index in [4.69, 9.17) is 4.74 Å². The molecule has 1 heterocycles. The summed E-state index contributed by atoms with van der Waals surface area (Å²) >= 11 is 3.36. The summed E-state index contributed by atoms with van der Waals surface area (Å²) in [4.78, 5) is 26.5. The van der Waals surface area contributed by atoms with Crippen LogP contribution < -0.4 is 15.5 Å². The van der Waals surface area contributed by atoms with Gasteiger partial charge in [-0.2, -0.15) is 0 Å². The molecule has 2 aromatic rings. The number of carbonyl (C=O) groups excluding carboxylic acids is 1. The molecule has 0 unspecified atom stereocenters. The van der Waals surface area contributed by atoms with Crippen LogP contribution in [0.3, 0.4) is 0 Å². The van der Waals surface area contributed by atoms with Crippen LogP contribution in [0.2, 0.25) is 0 Å². The molecule has 0 radical (unpaired) electrons. The Hall–Kier alpha value is -2.08. The third-order valence-corrected chi connectivity index (χ3v) is 3.25. The van der Waals surface area contributed by atoms with Crippen molar-refractivity contribution in [1.29, 1.82) is 0 Å². The number of carbonyl (C=O) groups is 1. The molecule has 1 amide bonds. The second kappa shape index (κ2) is 5.92. The maximum Gasteiger partial charge on any atom is 0.261 e. The molecule has 20 heavy (non-hydrogen) atoms.